The van der Waals surface area contributed by atoms with E-state index in [4.69, 9.17) is 4.98 Å². The smallest absolute Gasteiger partial charge is 0.226 e. The van der Waals surface area contributed by atoms with E-state index in [1.54, 1.807) is 0 Å². The molecule has 0 aromatic carbocycles. The molecule has 4 nitrogen and oxygen atoms in total. The van der Waals surface area contributed by atoms with Gasteiger partial charge in [-0.3, -0.25) is 4.79 Å². The molecule has 1 saturated carbocycles. The van der Waals surface area contributed by atoms with Crippen LogP contribution in [0, 0.1) is 17.8 Å². The SMILES string of the molecule is CC(C)C1CCC(C(=O)N2CCC[C@H]2c2nc3c(n2C)CCCC3)CC1. The standard InChI is InChI=1S/C22H35N3O/c1-15(2)16-10-12-17(13-11-16)22(26)25-14-6-9-20(25)21-23-18-7-4-5-8-19(18)24(21)3/h15-17,20H,4-14H2,1-3H3/t16?,17?,20-/m0/s1. The van der Waals surface area contributed by atoms with Gasteiger partial charge in [0, 0.05) is 25.2 Å². The van der Waals surface area contributed by atoms with Crippen LogP contribution in [0.5, 0.6) is 0 Å². The van der Waals surface area contributed by atoms with Crippen molar-refractivity contribution in [3.8, 4) is 0 Å². The third-order valence-electron chi connectivity index (χ3n) is 7.31. The lowest BCUT2D eigenvalue weighted by Gasteiger charge is -2.34. The van der Waals surface area contributed by atoms with E-state index in [1.807, 2.05) is 0 Å². The highest BCUT2D eigenvalue weighted by Crippen LogP contribution is 2.39. The average Bonchev–Trinajstić information content (AvgIpc) is 3.26. The quantitative estimate of drug-likeness (QED) is 0.803. The number of carbonyl (C=O) groups excluding carboxylic acids is 1. The summed E-state index contributed by atoms with van der Waals surface area (Å²) in [6, 6.07) is 0.209. The Morgan fingerprint density at radius 3 is 2.46 bits per heavy atom. The number of carbonyl (C=O) groups is 1. The third-order valence-corrected chi connectivity index (χ3v) is 7.31. The van der Waals surface area contributed by atoms with Crippen molar-refractivity contribution in [2.75, 3.05) is 6.54 Å². The Bertz CT molecular complexity index is 655. The molecule has 1 amide bonds. The molecule has 1 aliphatic heterocycles. The topological polar surface area (TPSA) is 38.1 Å². The molecule has 0 bridgehead atoms. The number of amides is 1. The molecule has 26 heavy (non-hydrogen) atoms. The molecule has 4 rings (SSSR count). The largest absolute Gasteiger partial charge is 0.333 e. The summed E-state index contributed by atoms with van der Waals surface area (Å²) in [4.78, 5) is 20.5. The fourth-order valence-corrected chi connectivity index (χ4v) is 5.57. The van der Waals surface area contributed by atoms with Crippen LogP contribution in [0.1, 0.15) is 88.5 Å². The number of likely N-dealkylation sites (tertiary alicyclic amines) is 1. The van der Waals surface area contributed by atoms with E-state index in [1.165, 1.54) is 37.1 Å². The second-order valence-electron chi connectivity index (χ2n) is 9.17. The highest BCUT2D eigenvalue weighted by Gasteiger charge is 2.38. The Morgan fingerprint density at radius 2 is 1.77 bits per heavy atom. The molecule has 3 aliphatic rings. The van der Waals surface area contributed by atoms with Gasteiger partial charge in [0.2, 0.25) is 5.91 Å². The van der Waals surface area contributed by atoms with Crippen LogP contribution >= 0.6 is 0 Å². The Kier molecular flexibility index (Phi) is 5.11. The molecule has 1 aromatic heterocycles. The van der Waals surface area contributed by atoms with Gasteiger partial charge in [-0.1, -0.05) is 13.8 Å². The third kappa shape index (κ3) is 3.20. The summed E-state index contributed by atoms with van der Waals surface area (Å²) in [5.74, 6) is 3.38. The van der Waals surface area contributed by atoms with Crippen LogP contribution in [-0.2, 0) is 24.7 Å². The summed E-state index contributed by atoms with van der Waals surface area (Å²) < 4.78 is 2.32. The second kappa shape index (κ2) is 7.36. The molecular formula is C22H35N3O. The molecule has 0 unspecified atom stereocenters. The maximum absolute atomic E-state index is 13.3. The molecule has 0 radical (unpaired) electrons. The van der Waals surface area contributed by atoms with Gasteiger partial charge in [0.05, 0.1) is 11.7 Å². The first-order chi connectivity index (χ1) is 12.6. The lowest BCUT2D eigenvalue weighted by molar-refractivity contribution is -0.138. The lowest BCUT2D eigenvalue weighted by atomic mass is 9.76. The zero-order valence-corrected chi connectivity index (χ0v) is 16.8. The lowest BCUT2D eigenvalue weighted by Crippen LogP contribution is -2.38. The fraction of sp³-hybridized carbons (Fsp3) is 0.818. The zero-order chi connectivity index (χ0) is 18.3. The van der Waals surface area contributed by atoms with Gasteiger partial charge in [0.25, 0.3) is 0 Å². The highest BCUT2D eigenvalue weighted by molar-refractivity contribution is 5.79. The molecule has 2 fully saturated rings. The van der Waals surface area contributed by atoms with Crippen LogP contribution in [0.25, 0.3) is 0 Å². The first-order valence-electron chi connectivity index (χ1n) is 10.9. The summed E-state index contributed by atoms with van der Waals surface area (Å²) in [5.41, 5.74) is 2.72. The van der Waals surface area contributed by atoms with Crippen LogP contribution < -0.4 is 0 Å². The first-order valence-corrected chi connectivity index (χ1v) is 10.9. The van der Waals surface area contributed by atoms with Crippen molar-refractivity contribution in [1.29, 1.82) is 0 Å². The number of hydrogen-bond donors (Lipinski definition) is 0. The molecule has 1 atom stereocenters. The van der Waals surface area contributed by atoms with E-state index >= 15 is 0 Å². The minimum atomic E-state index is 0.209. The number of nitrogens with zero attached hydrogens (tertiary/aromatic N) is 3. The van der Waals surface area contributed by atoms with Crippen molar-refractivity contribution in [2.45, 2.75) is 84.1 Å². The van der Waals surface area contributed by atoms with Crippen LogP contribution in [0.3, 0.4) is 0 Å². The second-order valence-corrected chi connectivity index (χ2v) is 9.17. The van der Waals surface area contributed by atoms with Crippen molar-refractivity contribution >= 4 is 5.91 Å². The van der Waals surface area contributed by atoms with Crippen LogP contribution in [0.15, 0.2) is 0 Å². The highest BCUT2D eigenvalue weighted by atomic mass is 16.2. The van der Waals surface area contributed by atoms with Gasteiger partial charge in [-0.15, -0.1) is 0 Å². The van der Waals surface area contributed by atoms with Crippen LogP contribution in [0.4, 0.5) is 0 Å². The van der Waals surface area contributed by atoms with Crippen molar-refractivity contribution in [1.82, 2.24) is 14.5 Å². The van der Waals surface area contributed by atoms with Crippen molar-refractivity contribution < 1.29 is 4.79 Å². The van der Waals surface area contributed by atoms with Gasteiger partial charge in [-0.25, -0.2) is 4.98 Å². The van der Waals surface area contributed by atoms with Gasteiger partial charge < -0.3 is 9.47 Å². The summed E-state index contributed by atoms with van der Waals surface area (Å²) in [6.45, 7) is 5.57. The average molecular weight is 358 g/mol. The van der Waals surface area contributed by atoms with Gasteiger partial charge in [0.1, 0.15) is 5.82 Å². The summed E-state index contributed by atoms with van der Waals surface area (Å²) >= 11 is 0. The fourth-order valence-electron chi connectivity index (χ4n) is 5.57. The number of aromatic nitrogens is 2. The van der Waals surface area contributed by atoms with E-state index in [2.05, 4.69) is 30.4 Å². The van der Waals surface area contributed by atoms with Gasteiger partial charge in [-0.2, -0.15) is 0 Å². The van der Waals surface area contributed by atoms with Gasteiger partial charge in [-0.05, 0) is 76.0 Å². The zero-order valence-electron chi connectivity index (χ0n) is 16.8. The van der Waals surface area contributed by atoms with E-state index < -0.39 is 0 Å². The molecule has 2 heterocycles. The van der Waals surface area contributed by atoms with E-state index in [9.17, 15) is 4.79 Å². The number of aryl methyl sites for hydroxylation is 1. The Labute approximate surface area is 158 Å². The monoisotopic (exact) mass is 357 g/mol. The van der Waals surface area contributed by atoms with Crippen molar-refractivity contribution in [3.05, 3.63) is 17.2 Å². The summed E-state index contributed by atoms with van der Waals surface area (Å²) in [6.07, 6.45) is 11.6. The van der Waals surface area contributed by atoms with Crippen molar-refractivity contribution in [2.24, 2.45) is 24.8 Å². The molecule has 0 spiro atoms. The maximum atomic E-state index is 13.3. The predicted molar refractivity (Wildman–Crippen MR) is 104 cm³/mol. The number of hydrogen-bond acceptors (Lipinski definition) is 2. The Morgan fingerprint density at radius 1 is 1.04 bits per heavy atom. The minimum absolute atomic E-state index is 0.209. The van der Waals surface area contributed by atoms with Gasteiger partial charge in [0.15, 0.2) is 0 Å². The van der Waals surface area contributed by atoms with E-state index in [0.717, 1.165) is 62.7 Å². The van der Waals surface area contributed by atoms with Gasteiger partial charge >= 0.3 is 0 Å². The Hall–Kier alpha value is -1.32. The van der Waals surface area contributed by atoms with Crippen molar-refractivity contribution in [3.63, 3.8) is 0 Å². The van der Waals surface area contributed by atoms with Crippen LogP contribution in [0.2, 0.25) is 0 Å². The summed E-state index contributed by atoms with van der Waals surface area (Å²) in [7, 11) is 2.17. The number of rotatable bonds is 3. The molecule has 1 aromatic rings. The minimum Gasteiger partial charge on any atom is -0.333 e. The predicted octanol–water partition coefficient (Wildman–Crippen LogP) is 4.42. The molecule has 144 valence electrons. The number of imidazole rings is 1. The first kappa shape index (κ1) is 18.1. The number of fused-ring (bicyclic) bond motifs is 1. The maximum Gasteiger partial charge on any atom is 0.226 e. The molecule has 4 heteroatoms. The molecule has 0 N–H and O–H groups in total. The van der Waals surface area contributed by atoms with Crippen LogP contribution in [-0.4, -0.2) is 26.9 Å². The summed E-state index contributed by atoms with van der Waals surface area (Å²) in [5, 5.41) is 0. The molecule has 2 aliphatic carbocycles. The normalized spacial score (nSPS) is 29.2. The molecular weight excluding hydrogens is 322 g/mol. The van der Waals surface area contributed by atoms with E-state index in [0.29, 0.717) is 5.91 Å². The molecule has 1 saturated heterocycles. The van der Waals surface area contributed by atoms with E-state index in [-0.39, 0.29) is 12.0 Å². The Balaban J connectivity index is 1.49.